The minimum Gasteiger partial charge on any atom is -0.466 e. The molecular formula is C33H34F8N2O3. The van der Waals surface area contributed by atoms with E-state index in [0.29, 0.717) is 37.3 Å². The number of benzene rings is 3. The molecular weight excluding hydrogens is 624 g/mol. The van der Waals surface area contributed by atoms with Gasteiger partial charge in [0.05, 0.1) is 17.7 Å². The molecule has 0 saturated carbocycles. The lowest BCUT2D eigenvalue weighted by atomic mass is 9.76. The molecule has 0 spiro atoms. The summed E-state index contributed by atoms with van der Waals surface area (Å²) in [5, 5.41) is 4.05. The van der Waals surface area contributed by atoms with Gasteiger partial charge in [0.15, 0.2) is 0 Å². The van der Waals surface area contributed by atoms with E-state index < -0.39 is 53.2 Å². The van der Waals surface area contributed by atoms with Crippen LogP contribution in [0.4, 0.5) is 39.9 Å². The van der Waals surface area contributed by atoms with Crippen molar-refractivity contribution < 1.29 is 49.4 Å². The monoisotopic (exact) mass is 658 g/mol. The van der Waals surface area contributed by atoms with Crippen LogP contribution >= 0.6 is 0 Å². The van der Waals surface area contributed by atoms with E-state index in [9.17, 15) is 40.3 Å². The minimum absolute atomic E-state index is 0.0240. The predicted molar refractivity (Wildman–Crippen MR) is 155 cm³/mol. The highest BCUT2D eigenvalue weighted by molar-refractivity contribution is 5.76. The van der Waals surface area contributed by atoms with Gasteiger partial charge < -0.3 is 15.4 Å². The van der Waals surface area contributed by atoms with E-state index in [1.807, 2.05) is 0 Å². The maximum absolute atomic E-state index is 15.1. The van der Waals surface area contributed by atoms with Gasteiger partial charge in [0.25, 0.3) is 0 Å². The molecule has 0 heterocycles. The zero-order valence-electron chi connectivity index (χ0n) is 25.0. The number of rotatable bonds is 14. The molecule has 3 aromatic rings. The molecule has 0 aliphatic carbocycles. The number of esters is 1. The first-order valence-corrected chi connectivity index (χ1v) is 14.6. The molecule has 0 bridgehead atoms. The van der Waals surface area contributed by atoms with Crippen LogP contribution in [-0.2, 0) is 34.1 Å². The van der Waals surface area contributed by atoms with Crippen molar-refractivity contribution in [2.45, 2.75) is 69.8 Å². The van der Waals surface area contributed by atoms with Gasteiger partial charge in [0.2, 0.25) is 0 Å². The van der Waals surface area contributed by atoms with Crippen molar-refractivity contribution in [3.8, 4) is 0 Å². The average Bonchev–Trinajstić information content (AvgIpc) is 2.98. The van der Waals surface area contributed by atoms with Gasteiger partial charge >= 0.3 is 24.4 Å². The Morgan fingerprint density at radius 1 is 0.783 bits per heavy atom. The zero-order valence-corrected chi connectivity index (χ0v) is 25.0. The van der Waals surface area contributed by atoms with E-state index >= 15 is 4.39 Å². The van der Waals surface area contributed by atoms with Crippen LogP contribution < -0.4 is 10.6 Å². The number of ether oxygens (including phenoxy) is 1. The summed E-state index contributed by atoms with van der Waals surface area (Å²) >= 11 is 0. The first kappa shape index (κ1) is 36.3. The Balaban J connectivity index is 2.08. The van der Waals surface area contributed by atoms with Crippen molar-refractivity contribution in [2.75, 3.05) is 13.2 Å². The molecule has 13 heteroatoms. The number of halogens is 8. The Bertz CT molecular complexity index is 1460. The van der Waals surface area contributed by atoms with Crippen LogP contribution in [0.1, 0.15) is 66.8 Å². The summed E-state index contributed by atoms with van der Waals surface area (Å²) in [7, 11) is 0. The molecule has 0 aromatic heterocycles. The summed E-state index contributed by atoms with van der Waals surface area (Å²) in [6.07, 6.45) is -7.47. The van der Waals surface area contributed by atoms with Crippen LogP contribution in [0.3, 0.4) is 0 Å². The Labute approximate surface area is 261 Å². The number of carbonyl (C=O) groups excluding carboxylic acids is 2. The van der Waals surface area contributed by atoms with E-state index in [1.165, 1.54) is 12.1 Å². The molecule has 2 amide bonds. The molecule has 0 unspecified atom stereocenters. The highest BCUT2D eigenvalue weighted by Gasteiger charge is 2.41. The number of nitrogens with one attached hydrogen (secondary N) is 2. The Kier molecular flexibility index (Phi) is 12.6. The van der Waals surface area contributed by atoms with Gasteiger partial charge in [-0.2, -0.15) is 26.3 Å². The molecule has 3 rings (SSSR count). The van der Waals surface area contributed by atoms with Crippen molar-refractivity contribution in [3.63, 3.8) is 0 Å². The van der Waals surface area contributed by atoms with E-state index in [4.69, 9.17) is 4.74 Å². The van der Waals surface area contributed by atoms with Crippen LogP contribution in [0.5, 0.6) is 0 Å². The number of carbonyl (C=O) groups is 2. The van der Waals surface area contributed by atoms with E-state index in [1.54, 1.807) is 42.6 Å². The molecule has 0 fully saturated rings. The van der Waals surface area contributed by atoms with Gasteiger partial charge in [0, 0.05) is 12.8 Å². The third kappa shape index (κ3) is 10.7. The Hall–Kier alpha value is -4.16. The second-order valence-electron chi connectivity index (χ2n) is 10.7. The van der Waals surface area contributed by atoms with Crippen LogP contribution in [0, 0.1) is 11.6 Å². The molecule has 2 N–H and O–H groups in total. The van der Waals surface area contributed by atoms with Crippen LogP contribution in [-0.4, -0.2) is 31.3 Å². The van der Waals surface area contributed by atoms with Crippen molar-refractivity contribution in [2.24, 2.45) is 0 Å². The number of amides is 2. The molecule has 46 heavy (non-hydrogen) atoms. The van der Waals surface area contributed by atoms with Crippen molar-refractivity contribution in [1.82, 2.24) is 10.6 Å². The first-order chi connectivity index (χ1) is 21.6. The lowest BCUT2D eigenvalue weighted by Gasteiger charge is -2.37. The normalized spacial score (nSPS) is 13.2. The second-order valence-corrected chi connectivity index (χ2v) is 10.7. The Morgan fingerprint density at radius 3 is 2.11 bits per heavy atom. The summed E-state index contributed by atoms with van der Waals surface area (Å²) < 4.78 is 115. The third-order valence-corrected chi connectivity index (χ3v) is 7.23. The van der Waals surface area contributed by atoms with E-state index in [0.717, 1.165) is 12.1 Å². The number of alkyl halides is 6. The van der Waals surface area contributed by atoms with Crippen molar-refractivity contribution >= 4 is 12.0 Å². The molecule has 0 radical (unpaired) electrons. The third-order valence-electron chi connectivity index (χ3n) is 7.23. The van der Waals surface area contributed by atoms with Crippen LogP contribution in [0.15, 0.2) is 66.7 Å². The number of hydrogen-bond donors (Lipinski definition) is 2. The van der Waals surface area contributed by atoms with Crippen LogP contribution in [0.2, 0.25) is 0 Å². The molecule has 0 aliphatic rings. The smallest absolute Gasteiger partial charge is 0.416 e. The molecule has 0 saturated heterocycles. The highest BCUT2D eigenvalue weighted by Crippen LogP contribution is 2.39. The lowest BCUT2D eigenvalue weighted by Crippen LogP contribution is -2.53. The minimum atomic E-state index is -5.00. The lowest BCUT2D eigenvalue weighted by molar-refractivity contribution is -0.143. The molecule has 3 aromatic carbocycles. The van der Waals surface area contributed by atoms with Gasteiger partial charge in [-0.25, -0.2) is 13.6 Å². The summed E-state index contributed by atoms with van der Waals surface area (Å²) in [5.41, 5.74) is -3.29. The SMILES string of the molecule is CCOC(=O)CCCCCCc1cc([C@@](Cc2ccccc2)(NC(=O)NCC(F)(F)F)c2cc(F)cc(C(F)(F)F)c2)ccc1F. The maximum atomic E-state index is 15.1. The van der Waals surface area contributed by atoms with Gasteiger partial charge in [-0.15, -0.1) is 0 Å². The fourth-order valence-electron chi connectivity index (χ4n) is 5.08. The topological polar surface area (TPSA) is 67.4 Å². The Morgan fingerprint density at radius 2 is 1.46 bits per heavy atom. The van der Waals surface area contributed by atoms with Crippen molar-refractivity contribution in [1.29, 1.82) is 0 Å². The number of unbranched alkanes of at least 4 members (excludes halogenated alkanes) is 3. The summed E-state index contributed by atoms with van der Waals surface area (Å²) in [6, 6.07) is 11.8. The fourth-order valence-corrected chi connectivity index (χ4v) is 5.08. The molecule has 0 aliphatic heterocycles. The number of hydrogen-bond acceptors (Lipinski definition) is 3. The highest BCUT2D eigenvalue weighted by atomic mass is 19.4. The first-order valence-electron chi connectivity index (χ1n) is 14.6. The molecule has 5 nitrogen and oxygen atoms in total. The van der Waals surface area contributed by atoms with Gasteiger partial charge in [-0.3, -0.25) is 4.79 Å². The second kappa shape index (κ2) is 15.9. The van der Waals surface area contributed by atoms with E-state index in [-0.39, 0.29) is 49.0 Å². The van der Waals surface area contributed by atoms with E-state index in [2.05, 4.69) is 5.32 Å². The zero-order chi connectivity index (χ0) is 34.0. The van der Waals surface area contributed by atoms with Crippen molar-refractivity contribution in [3.05, 3.63) is 106 Å². The standard InChI is InChI=1S/C33H34F8N2O3/c1-2-46-29(44)13-9-4-3-8-12-23-16-24(14-15-28(23)35)31(20-22-10-6-5-7-11-22,43-30(45)42-21-32(36,37)38)25-17-26(33(39,40)41)19-27(34)18-25/h5-7,10-11,14-19H,2-4,8-9,12-13,20-21H2,1H3,(H2,42,43,45)/t31-/m1/s1. The van der Waals surface area contributed by atoms with Gasteiger partial charge in [0.1, 0.15) is 18.2 Å². The molecule has 1 atom stereocenters. The maximum Gasteiger partial charge on any atom is 0.416 e. The summed E-state index contributed by atoms with van der Waals surface area (Å²) in [4.78, 5) is 24.5. The largest absolute Gasteiger partial charge is 0.466 e. The van der Waals surface area contributed by atoms with Crippen LogP contribution in [0.25, 0.3) is 0 Å². The quantitative estimate of drug-likeness (QED) is 0.104. The molecule has 250 valence electrons. The summed E-state index contributed by atoms with van der Waals surface area (Å²) in [6.45, 7) is 0.220. The number of aryl methyl sites for hydroxylation is 1. The predicted octanol–water partition coefficient (Wildman–Crippen LogP) is 8.39. The fraction of sp³-hybridized carbons (Fsp3) is 0.394. The average molecular weight is 659 g/mol. The number of urea groups is 1. The summed E-state index contributed by atoms with van der Waals surface area (Å²) in [5.74, 6) is -2.28. The van der Waals surface area contributed by atoms with Gasteiger partial charge in [-0.1, -0.05) is 55.3 Å². The van der Waals surface area contributed by atoms with Gasteiger partial charge in [-0.05, 0) is 72.7 Å².